The predicted molar refractivity (Wildman–Crippen MR) is 102 cm³/mol. The lowest BCUT2D eigenvalue weighted by Gasteiger charge is -2.22. The maximum absolute atomic E-state index is 13.1. The molecule has 1 amide bonds. The molecule has 0 saturated heterocycles. The number of nitrogens with one attached hydrogen (secondary N) is 1. The van der Waals surface area contributed by atoms with Gasteiger partial charge in [0.25, 0.3) is 14.4 Å². The van der Waals surface area contributed by atoms with Crippen LogP contribution in [0.25, 0.3) is 0 Å². The van der Waals surface area contributed by atoms with Crippen molar-refractivity contribution in [3.8, 4) is 0 Å². The lowest BCUT2D eigenvalue weighted by molar-refractivity contribution is -0.120. The Morgan fingerprint density at radius 1 is 1.31 bits per heavy atom. The molecule has 0 bridgehead atoms. The van der Waals surface area contributed by atoms with E-state index in [1.165, 1.54) is 4.31 Å². The van der Waals surface area contributed by atoms with Gasteiger partial charge in [0.05, 0.1) is 5.69 Å². The Hall–Kier alpha value is -2.00. The zero-order valence-electron chi connectivity index (χ0n) is 15.0. The van der Waals surface area contributed by atoms with Gasteiger partial charge < -0.3 is 5.32 Å². The van der Waals surface area contributed by atoms with Crippen LogP contribution in [0.5, 0.6) is 0 Å². The normalized spacial score (nSPS) is 16.8. The van der Waals surface area contributed by atoms with Crippen molar-refractivity contribution in [1.29, 1.82) is 0 Å². The highest BCUT2D eigenvalue weighted by atomic mass is 32.2. The van der Waals surface area contributed by atoms with Gasteiger partial charge in [-0.25, -0.2) is 0 Å². The van der Waals surface area contributed by atoms with Crippen molar-refractivity contribution in [2.24, 2.45) is 5.92 Å². The Labute approximate surface area is 157 Å². The van der Waals surface area contributed by atoms with E-state index in [0.717, 1.165) is 16.9 Å². The first kappa shape index (κ1) is 18.8. The molecule has 0 aliphatic carbocycles. The van der Waals surface area contributed by atoms with Crippen molar-refractivity contribution in [2.75, 3.05) is 9.62 Å². The summed E-state index contributed by atoms with van der Waals surface area (Å²) in [5.74, 6) is -0.278. The second-order valence-corrected chi connectivity index (χ2v) is 9.32. The number of hydrogen-bond acceptors (Lipinski definition) is 6. The molecule has 26 heavy (non-hydrogen) atoms. The van der Waals surface area contributed by atoms with Gasteiger partial charge in [0.15, 0.2) is 0 Å². The van der Waals surface area contributed by atoms with Crippen LogP contribution in [-0.2, 0) is 21.2 Å². The van der Waals surface area contributed by atoms with E-state index in [1.54, 1.807) is 6.07 Å². The third-order valence-corrected chi connectivity index (χ3v) is 7.73. The summed E-state index contributed by atoms with van der Waals surface area (Å²) in [6, 6.07) is 7.26. The van der Waals surface area contributed by atoms with E-state index in [-0.39, 0.29) is 27.3 Å². The number of benzene rings is 1. The van der Waals surface area contributed by atoms with Crippen LogP contribution in [-0.4, -0.2) is 30.6 Å². The highest BCUT2D eigenvalue weighted by Gasteiger charge is 2.38. The van der Waals surface area contributed by atoms with Crippen molar-refractivity contribution in [3.05, 3.63) is 29.8 Å². The van der Waals surface area contributed by atoms with Gasteiger partial charge in [-0.05, 0) is 37.8 Å². The van der Waals surface area contributed by atoms with Crippen LogP contribution in [0.1, 0.15) is 39.2 Å². The van der Waals surface area contributed by atoms with E-state index >= 15 is 0 Å². The molecule has 1 aromatic heterocycles. The van der Waals surface area contributed by atoms with Crippen molar-refractivity contribution in [3.63, 3.8) is 0 Å². The molecule has 0 fully saturated rings. The number of sulfonamides is 1. The van der Waals surface area contributed by atoms with Crippen molar-refractivity contribution in [1.82, 2.24) is 10.2 Å². The van der Waals surface area contributed by atoms with Crippen molar-refractivity contribution >= 4 is 38.1 Å². The Kier molecular flexibility index (Phi) is 5.29. The van der Waals surface area contributed by atoms with E-state index in [2.05, 4.69) is 15.5 Å². The summed E-state index contributed by atoms with van der Waals surface area (Å²) in [4.78, 5) is 12.2. The molecule has 3 rings (SSSR count). The average Bonchev–Trinajstić information content (AvgIpc) is 3.19. The van der Waals surface area contributed by atoms with Gasteiger partial charge in [-0.2, -0.15) is 8.42 Å². The second-order valence-electron chi connectivity index (χ2n) is 6.36. The summed E-state index contributed by atoms with van der Waals surface area (Å²) in [5.41, 5.74) is 1.67. The van der Waals surface area contributed by atoms with Gasteiger partial charge in [-0.15, -0.1) is 10.2 Å². The molecule has 1 aromatic carbocycles. The van der Waals surface area contributed by atoms with Gasteiger partial charge in [0.1, 0.15) is 0 Å². The SMILES string of the molecule is CCC(CC)C(=O)Nc1nnc(S(=O)(=O)N2c3ccccc3C[C@@H]2C)s1. The molecule has 1 aliphatic rings. The summed E-state index contributed by atoms with van der Waals surface area (Å²) >= 11 is 0.886. The lowest BCUT2D eigenvalue weighted by Crippen LogP contribution is -2.35. The number of carbonyl (C=O) groups is 1. The third-order valence-electron chi connectivity index (χ3n) is 4.62. The number of amides is 1. The van der Waals surface area contributed by atoms with Crippen molar-refractivity contribution in [2.45, 2.75) is 50.4 Å². The summed E-state index contributed by atoms with van der Waals surface area (Å²) in [7, 11) is -3.82. The summed E-state index contributed by atoms with van der Waals surface area (Å²) in [6.07, 6.45) is 2.09. The zero-order chi connectivity index (χ0) is 18.9. The Morgan fingerprint density at radius 2 is 2.00 bits per heavy atom. The molecule has 9 heteroatoms. The predicted octanol–water partition coefficient (Wildman–Crippen LogP) is 3.05. The van der Waals surface area contributed by atoms with Crippen LogP contribution in [0.3, 0.4) is 0 Å². The molecule has 0 saturated carbocycles. The second kappa shape index (κ2) is 7.32. The van der Waals surface area contributed by atoms with Crippen LogP contribution in [0.15, 0.2) is 28.6 Å². The Morgan fingerprint density at radius 3 is 2.69 bits per heavy atom. The average molecular weight is 395 g/mol. The largest absolute Gasteiger partial charge is 0.300 e. The van der Waals surface area contributed by atoms with E-state index in [0.29, 0.717) is 24.9 Å². The number of carbonyl (C=O) groups excluding carboxylic acids is 1. The van der Waals surface area contributed by atoms with Gasteiger partial charge in [-0.1, -0.05) is 43.4 Å². The molecule has 2 heterocycles. The minimum absolute atomic E-state index is 0.110. The maximum atomic E-state index is 13.1. The van der Waals surface area contributed by atoms with E-state index in [4.69, 9.17) is 0 Å². The van der Waals surface area contributed by atoms with E-state index in [9.17, 15) is 13.2 Å². The third kappa shape index (κ3) is 3.33. The lowest BCUT2D eigenvalue weighted by atomic mass is 10.0. The standard InChI is InChI=1S/C17H22N4O3S2/c1-4-12(5-2)15(22)18-16-19-20-17(25-16)26(23,24)21-11(3)10-13-8-6-7-9-14(13)21/h6-9,11-12H,4-5,10H2,1-3H3,(H,18,19,22)/t11-/m0/s1. The molecule has 7 nitrogen and oxygen atoms in total. The van der Waals surface area contributed by atoms with Gasteiger partial charge in [-0.3, -0.25) is 9.10 Å². The van der Waals surface area contributed by atoms with Crippen LogP contribution < -0.4 is 9.62 Å². The first-order valence-corrected chi connectivity index (χ1v) is 10.9. The fourth-order valence-electron chi connectivity index (χ4n) is 3.22. The number of para-hydroxylation sites is 1. The highest BCUT2D eigenvalue weighted by Crippen LogP contribution is 2.37. The molecule has 140 valence electrons. The van der Waals surface area contributed by atoms with Crippen LogP contribution in [0.4, 0.5) is 10.8 Å². The van der Waals surface area contributed by atoms with Crippen LogP contribution >= 0.6 is 11.3 Å². The molecular weight excluding hydrogens is 372 g/mol. The minimum atomic E-state index is -3.82. The molecule has 0 radical (unpaired) electrons. The van der Waals surface area contributed by atoms with Gasteiger partial charge >= 0.3 is 0 Å². The number of fused-ring (bicyclic) bond motifs is 1. The smallest absolute Gasteiger partial charge is 0.293 e. The number of aromatic nitrogens is 2. The molecule has 1 aliphatic heterocycles. The topological polar surface area (TPSA) is 92.3 Å². The molecule has 0 unspecified atom stereocenters. The monoisotopic (exact) mass is 394 g/mol. The summed E-state index contributed by atoms with van der Waals surface area (Å²) < 4.78 is 27.4. The quantitative estimate of drug-likeness (QED) is 0.760. The number of rotatable bonds is 6. The Bertz CT molecular complexity index is 906. The van der Waals surface area contributed by atoms with E-state index in [1.807, 2.05) is 39.0 Å². The fourth-order valence-corrected chi connectivity index (χ4v) is 5.90. The molecule has 2 aromatic rings. The number of nitrogens with zero attached hydrogens (tertiary/aromatic N) is 3. The molecule has 1 N–H and O–H groups in total. The van der Waals surface area contributed by atoms with Gasteiger partial charge in [0, 0.05) is 12.0 Å². The zero-order valence-corrected chi connectivity index (χ0v) is 16.6. The van der Waals surface area contributed by atoms with Gasteiger partial charge in [0.2, 0.25) is 11.0 Å². The fraction of sp³-hybridized carbons (Fsp3) is 0.471. The number of hydrogen-bond donors (Lipinski definition) is 1. The highest BCUT2D eigenvalue weighted by molar-refractivity contribution is 7.94. The molecular formula is C17H22N4O3S2. The number of anilines is 2. The van der Waals surface area contributed by atoms with Crippen LogP contribution in [0.2, 0.25) is 0 Å². The first-order chi connectivity index (χ1) is 12.4. The summed E-state index contributed by atoms with van der Waals surface area (Å²) in [5, 5.41) is 10.6. The first-order valence-electron chi connectivity index (χ1n) is 8.65. The molecule has 1 atom stereocenters. The Balaban J connectivity index is 1.86. The summed E-state index contributed by atoms with van der Waals surface area (Å²) in [6.45, 7) is 5.75. The minimum Gasteiger partial charge on any atom is -0.300 e. The maximum Gasteiger partial charge on any atom is 0.293 e. The van der Waals surface area contributed by atoms with Crippen LogP contribution in [0, 0.1) is 5.92 Å². The van der Waals surface area contributed by atoms with Crippen molar-refractivity contribution < 1.29 is 13.2 Å². The van der Waals surface area contributed by atoms with E-state index < -0.39 is 10.0 Å². The molecule has 0 spiro atoms.